The third kappa shape index (κ3) is 3.70. The summed E-state index contributed by atoms with van der Waals surface area (Å²) >= 11 is 1.88. The van der Waals surface area contributed by atoms with E-state index in [1.165, 1.54) is 0 Å². The molecule has 1 aliphatic rings. The van der Waals surface area contributed by atoms with Gasteiger partial charge in [-0.3, -0.25) is 0 Å². The van der Waals surface area contributed by atoms with Crippen molar-refractivity contribution in [1.82, 2.24) is 15.5 Å². The van der Waals surface area contributed by atoms with E-state index in [4.69, 9.17) is 9.26 Å². The van der Waals surface area contributed by atoms with Gasteiger partial charge in [-0.25, -0.2) is 0 Å². The number of rotatable bonds is 6. The van der Waals surface area contributed by atoms with Gasteiger partial charge in [0.05, 0.1) is 12.5 Å². The van der Waals surface area contributed by atoms with E-state index in [0.29, 0.717) is 17.8 Å². The predicted molar refractivity (Wildman–Crippen MR) is 76.5 cm³/mol. The molecule has 0 bridgehead atoms. The highest BCUT2D eigenvalue weighted by atomic mass is 32.2. The van der Waals surface area contributed by atoms with E-state index in [2.05, 4.69) is 36.2 Å². The molecule has 1 aromatic heterocycles. The number of aromatic nitrogens is 2. The topological polar surface area (TPSA) is 60.2 Å². The van der Waals surface area contributed by atoms with Gasteiger partial charge < -0.3 is 14.6 Å². The van der Waals surface area contributed by atoms with Crippen LogP contribution in [-0.4, -0.2) is 40.8 Å². The molecule has 0 amide bonds. The molecular weight excluding hydrogens is 262 g/mol. The molecule has 3 unspecified atom stereocenters. The van der Waals surface area contributed by atoms with Gasteiger partial charge >= 0.3 is 0 Å². The molecule has 0 spiro atoms. The Morgan fingerprint density at radius 2 is 2.32 bits per heavy atom. The first-order chi connectivity index (χ1) is 9.26. The summed E-state index contributed by atoms with van der Waals surface area (Å²) in [6.07, 6.45) is 1.03. The van der Waals surface area contributed by atoms with Gasteiger partial charge in [0.1, 0.15) is 6.10 Å². The second-order valence-corrected chi connectivity index (χ2v) is 5.94. The van der Waals surface area contributed by atoms with E-state index in [0.717, 1.165) is 31.1 Å². The number of nitrogens with one attached hydrogen (secondary N) is 1. The van der Waals surface area contributed by atoms with Gasteiger partial charge in [0, 0.05) is 17.5 Å². The third-order valence-corrected chi connectivity index (χ3v) is 4.45. The fraction of sp³-hybridized carbons (Fsp3) is 0.846. The number of hydrogen-bond acceptors (Lipinski definition) is 6. The lowest BCUT2D eigenvalue weighted by atomic mass is 9.99. The Bertz CT molecular complexity index is 380. The molecular formula is C13H23N3O2S. The number of nitrogens with zero attached hydrogens (tertiary/aromatic N) is 2. The lowest BCUT2D eigenvalue weighted by Crippen LogP contribution is -2.33. The van der Waals surface area contributed by atoms with Crippen molar-refractivity contribution in [1.29, 1.82) is 0 Å². The first-order valence-corrected chi connectivity index (χ1v) is 8.17. The molecule has 1 aliphatic heterocycles. The van der Waals surface area contributed by atoms with Crippen molar-refractivity contribution in [3.05, 3.63) is 11.7 Å². The first-order valence-electron chi connectivity index (χ1n) is 7.02. The van der Waals surface area contributed by atoms with Crippen LogP contribution in [0.3, 0.4) is 0 Å². The van der Waals surface area contributed by atoms with Crippen molar-refractivity contribution in [3.63, 3.8) is 0 Å². The van der Waals surface area contributed by atoms with E-state index in [-0.39, 0.29) is 12.0 Å². The minimum atomic E-state index is -0.0114. The molecule has 0 aromatic carbocycles. The third-order valence-electron chi connectivity index (χ3n) is 3.46. The summed E-state index contributed by atoms with van der Waals surface area (Å²) in [5.41, 5.74) is 0. The van der Waals surface area contributed by atoms with Crippen molar-refractivity contribution in [2.75, 3.05) is 24.7 Å². The summed E-state index contributed by atoms with van der Waals surface area (Å²) in [6, 6.07) is 0.375. The number of ether oxygens (including phenoxy) is 1. The fourth-order valence-electron chi connectivity index (χ4n) is 2.31. The Balaban J connectivity index is 2.02. The van der Waals surface area contributed by atoms with Gasteiger partial charge in [-0.2, -0.15) is 16.7 Å². The van der Waals surface area contributed by atoms with Gasteiger partial charge in [0.2, 0.25) is 11.7 Å². The average Bonchev–Trinajstić information content (AvgIpc) is 2.95. The van der Waals surface area contributed by atoms with Crippen LogP contribution in [-0.2, 0) is 4.74 Å². The molecule has 5 nitrogen and oxygen atoms in total. The Kier molecular flexibility index (Phi) is 5.66. The van der Waals surface area contributed by atoms with Gasteiger partial charge in [-0.1, -0.05) is 25.9 Å². The van der Waals surface area contributed by atoms with E-state index >= 15 is 0 Å². The number of likely N-dealkylation sites (N-methyl/N-ethyl adjacent to an activating group) is 1. The Hall–Kier alpha value is -0.590. The van der Waals surface area contributed by atoms with E-state index in [1.807, 2.05) is 11.8 Å². The van der Waals surface area contributed by atoms with Crippen molar-refractivity contribution in [2.45, 2.75) is 45.3 Å². The molecule has 1 saturated heterocycles. The summed E-state index contributed by atoms with van der Waals surface area (Å²) in [4.78, 5) is 4.53. The summed E-state index contributed by atoms with van der Waals surface area (Å²) < 4.78 is 11.1. The zero-order valence-corrected chi connectivity index (χ0v) is 12.7. The highest BCUT2D eigenvalue weighted by Gasteiger charge is 2.26. The summed E-state index contributed by atoms with van der Waals surface area (Å²) in [5.74, 6) is 3.60. The highest BCUT2D eigenvalue weighted by Crippen LogP contribution is 2.26. The molecule has 1 N–H and O–H groups in total. The smallest absolute Gasteiger partial charge is 0.231 e. The molecule has 0 aliphatic carbocycles. The highest BCUT2D eigenvalue weighted by molar-refractivity contribution is 7.99. The van der Waals surface area contributed by atoms with Crippen LogP contribution in [0.15, 0.2) is 4.52 Å². The van der Waals surface area contributed by atoms with Crippen LogP contribution in [0, 0.1) is 0 Å². The molecule has 2 heterocycles. The predicted octanol–water partition coefficient (Wildman–Crippen LogP) is 2.37. The zero-order valence-electron chi connectivity index (χ0n) is 11.9. The maximum atomic E-state index is 5.67. The van der Waals surface area contributed by atoms with Gasteiger partial charge in [-0.15, -0.1) is 0 Å². The maximum Gasteiger partial charge on any atom is 0.231 e. The van der Waals surface area contributed by atoms with Crippen LogP contribution < -0.4 is 5.32 Å². The first kappa shape index (κ1) is 14.8. The van der Waals surface area contributed by atoms with E-state index < -0.39 is 0 Å². The van der Waals surface area contributed by atoms with Gasteiger partial charge in [0.25, 0.3) is 0 Å². The van der Waals surface area contributed by atoms with Crippen LogP contribution in [0.4, 0.5) is 0 Å². The van der Waals surface area contributed by atoms with Gasteiger partial charge in [-0.05, 0) is 13.0 Å². The zero-order chi connectivity index (χ0) is 13.7. The minimum absolute atomic E-state index is 0.0114. The normalized spacial score (nSPS) is 23.2. The molecule has 6 heteroatoms. The van der Waals surface area contributed by atoms with E-state index in [1.54, 1.807) is 0 Å². The van der Waals surface area contributed by atoms with Crippen molar-refractivity contribution in [3.8, 4) is 0 Å². The lowest BCUT2D eigenvalue weighted by molar-refractivity contribution is 0.0677. The molecule has 3 atom stereocenters. The molecule has 1 aromatic rings. The fourth-order valence-corrected chi connectivity index (χ4v) is 3.15. The summed E-state index contributed by atoms with van der Waals surface area (Å²) in [6.45, 7) is 8.13. The quantitative estimate of drug-likeness (QED) is 0.866. The molecule has 19 heavy (non-hydrogen) atoms. The molecule has 108 valence electrons. The van der Waals surface area contributed by atoms with Crippen molar-refractivity contribution in [2.24, 2.45) is 0 Å². The molecule has 0 radical (unpaired) electrons. The average molecular weight is 285 g/mol. The Morgan fingerprint density at radius 3 is 2.95 bits per heavy atom. The molecule has 0 saturated carbocycles. The van der Waals surface area contributed by atoms with Crippen LogP contribution in [0.5, 0.6) is 0 Å². The number of hydrogen-bond donors (Lipinski definition) is 1. The maximum absolute atomic E-state index is 5.67. The van der Waals surface area contributed by atoms with Crippen LogP contribution >= 0.6 is 11.8 Å². The molecule has 2 rings (SSSR count). The summed E-state index contributed by atoms with van der Waals surface area (Å²) in [7, 11) is 0. The Morgan fingerprint density at radius 1 is 1.47 bits per heavy atom. The second kappa shape index (κ2) is 7.26. The lowest BCUT2D eigenvalue weighted by Gasteiger charge is -2.20. The van der Waals surface area contributed by atoms with E-state index in [9.17, 15) is 0 Å². The standard InChI is InChI=1S/C13H23N3O2S/c1-4-10(14-5-2)9(3)13-15-12(16-18-13)11-8-19-7-6-17-11/h9-11,14H,4-8H2,1-3H3. The number of thioether (sulfide) groups is 1. The molecule has 1 fully saturated rings. The Labute approximate surface area is 118 Å². The second-order valence-electron chi connectivity index (χ2n) is 4.79. The van der Waals surface area contributed by atoms with Crippen LogP contribution in [0.25, 0.3) is 0 Å². The summed E-state index contributed by atoms with van der Waals surface area (Å²) in [5, 5.41) is 7.54. The van der Waals surface area contributed by atoms with Crippen LogP contribution in [0.1, 0.15) is 50.9 Å². The van der Waals surface area contributed by atoms with Gasteiger partial charge in [0.15, 0.2) is 0 Å². The largest absolute Gasteiger partial charge is 0.368 e. The monoisotopic (exact) mass is 285 g/mol. The minimum Gasteiger partial charge on any atom is -0.368 e. The SMILES string of the molecule is CCNC(CC)C(C)c1nc(C2CSCCO2)no1. The van der Waals surface area contributed by atoms with Crippen molar-refractivity contribution >= 4 is 11.8 Å². The van der Waals surface area contributed by atoms with Crippen LogP contribution in [0.2, 0.25) is 0 Å². The van der Waals surface area contributed by atoms with Crippen molar-refractivity contribution < 1.29 is 9.26 Å².